The summed E-state index contributed by atoms with van der Waals surface area (Å²) in [5.41, 5.74) is 3.08. The van der Waals surface area contributed by atoms with Gasteiger partial charge >= 0.3 is 0 Å². The quantitative estimate of drug-likeness (QED) is 0.290. The van der Waals surface area contributed by atoms with E-state index >= 15 is 0 Å². The standard InChI is InChI=1S/C30H41FN2O/c1-7-10-24-13-15-25(16-14-24)23(3)33(21-34)30(19-17-26(18-20-30)29(4,5)6)32-22(2)27-11-8-9-12-28(27)31/h8-9,11-16,21,23,26H,7,10,17-20H2,1-6H3/b32-22+. The summed E-state index contributed by atoms with van der Waals surface area (Å²) < 4.78 is 14.6. The van der Waals surface area contributed by atoms with Crippen molar-refractivity contribution in [3.63, 3.8) is 0 Å². The summed E-state index contributed by atoms with van der Waals surface area (Å²) >= 11 is 0. The third kappa shape index (κ3) is 5.76. The number of carbonyl (C=O) groups excluding carboxylic acids is 1. The summed E-state index contributed by atoms with van der Waals surface area (Å²) in [5.74, 6) is 0.293. The summed E-state index contributed by atoms with van der Waals surface area (Å²) in [6.45, 7) is 13.0. The van der Waals surface area contributed by atoms with E-state index in [1.165, 1.54) is 11.6 Å². The van der Waals surface area contributed by atoms with Crippen molar-refractivity contribution in [1.29, 1.82) is 0 Å². The van der Waals surface area contributed by atoms with Crippen LogP contribution >= 0.6 is 0 Å². The summed E-state index contributed by atoms with van der Waals surface area (Å²) in [5, 5.41) is 0. The molecule has 0 heterocycles. The van der Waals surface area contributed by atoms with Gasteiger partial charge in [-0.3, -0.25) is 9.79 Å². The Kier molecular flexibility index (Phi) is 8.33. The van der Waals surface area contributed by atoms with Crippen molar-refractivity contribution in [1.82, 2.24) is 4.90 Å². The van der Waals surface area contributed by atoms with Gasteiger partial charge in [-0.05, 0) is 74.5 Å². The fourth-order valence-corrected chi connectivity index (χ4v) is 5.46. The van der Waals surface area contributed by atoms with Crippen molar-refractivity contribution in [2.45, 2.75) is 91.8 Å². The highest BCUT2D eigenvalue weighted by atomic mass is 19.1. The van der Waals surface area contributed by atoms with Gasteiger partial charge < -0.3 is 4.90 Å². The molecule has 2 aromatic carbocycles. The molecule has 1 aliphatic rings. The molecule has 1 aliphatic carbocycles. The van der Waals surface area contributed by atoms with Gasteiger partial charge in [-0.1, -0.05) is 76.6 Å². The summed E-state index contributed by atoms with van der Waals surface area (Å²) in [7, 11) is 0. The van der Waals surface area contributed by atoms with E-state index in [1.807, 2.05) is 17.9 Å². The number of aliphatic imine (C=N–C) groups is 1. The minimum atomic E-state index is -0.683. The van der Waals surface area contributed by atoms with Gasteiger partial charge in [0, 0.05) is 11.3 Å². The van der Waals surface area contributed by atoms with Crippen molar-refractivity contribution >= 4 is 12.1 Å². The molecule has 0 spiro atoms. The monoisotopic (exact) mass is 464 g/mol. The van der Waals surface area contributed by atoms with Crippen LogP contribution in [0.15, 0.2) is 53.5 Å². The van der Waals surface area contributed by atoms with E-state index in [2.05, 4.69) is 58.9 Å². The van der Waals surface area contributed by atoms with Crippen LogP contribution in [0.4, 0.5) is 4.39 Å². The molecule has 0 saturated heterocycles. The highest BCUT2D eigenvalue weighted by molar-refractivity contribution is 5.99. The zero-order valence-corrected chi connectivity index (χ0v) is 21.8. The first-order chi connectivity index (χ1) is 16.1. The molecule has 34 heavy (non-hydrogen) atoms. The molecule has 3 nitrogen and oxygen atoms in total. The first-order valence-corrected chi connectivity index (χ1v) is 12.7. The van der Waals surface area contributed by atoms with Gasteiger partial charge in [-0.15, -0.1) is 0 Å². The van der Waals surface area contributed by atoms with Gasteiger partial charge in [0.15, 0.2) is 0 Å². The van der Waals surface area contributed by atoms with Crippen molar-refractivity contribution < 1.29 is 9.18 Å². The SMILES string of the molecule is CCCc1ccc(C(C)N(C=O)C2(/N=C(\C)c3ccccc3F)CCC(C(C)(C)C)CC2)cc1. The molecule has 0 bridgehead atoms. The lowest BCUT2D eigenvalue weighted by molar-refractivity contribution is -0.129. The number of halogens is 1. The second-order valence-corrected chi connectivity index (χ2v) is 11.0. The van der Waals surface area contributed by atoms with Gasteiger partial charge in [0.25, 0.3) is 0 Å². The first kappa shape index (κ1) is 26.1. The van der Waals surface area contributed by atoms with Crippen LogP contribution in [0, 0.1) is 17.2 Å². The second kappa shape index (κ2) is 10.8. The highest BCUT2D eigenvalue weighted by Gasteiger charge is 2.44. The maximum absolute atomic E-state index is 14.6. The molecular formula is C30H41FN2O. The third-order valence-corrected chi connectivity index (χ3v) is 7.66. The van der Waals surface area contributed by atoms with E-state index in [4.69, 9.17) is 4.99 Å². The molecular weight excluding hydrogens is 423 g/mol. The number of hydrogen-bond donors (Lipinski definition) is 0. The van der Waals surface area contributed by atoms with Gasteiger partial charge in [0.05, 0.1) is 6.04 Å². The first-order valence-electron chi connectivity index (χ1n) is 12.7. The minimum Gasteiger partial charge on any atom is -0.314 e. The smallest absolute Gasteiger partial charge is 0.212 e. The zero-order chi connectivity index (χ0) is 24.9. The number of amides is 1. The van der Waals surface area contributed by atoms with Crippen LogP contribution in [0.5, 0.6) is 0 Å². The van der Waals surface area contributed by atoms with Crippen molar-refractivity contribution in [2.75, 3.05) is 0 Å². The fourth-order valence-electron chi connectivity index (χ4n) is 5.46. The van der Waals surface area contributed by atoms with Crippen LogP contribution in [0.1, 0.15) is 96.4 Å². The molecule has 0 aromatic heterocycles. The maximum Gasteiger partial charge on any atom is 0.212 e. The van der Waals surface area contributed by atoms with Crippen LogP contribution in [-0.2, 0) is 11.2 Å². The Morgan fingerprint density at radius 1 is 1.15 bits per heavy atom. The minimum absolute atomic E-state index is 0.128. The van der Waals surface area contributed by atoms with Gasteiger partial charge in [-0.25, -0.2) is 4.39 Å². The lowest BCUT2D eigenvalue weighted by Crippen LogP contribution is -2.51. The van der Waals surface area contributed by atoms with E-state index in [1.54, 1.807) is 12.1 Å². The van der Waals surface area contributed by atoms with Crippen molar-refractivity contribution in [2.24, 2.45) is 16.3 Å². The largest absolute Gasteiger partial charge is 0.314 e. The Labute approximate surface area is 205 Å². The molecule has 1 unspecified atom stereocenters. The number of nitrogens with zero attached hydrogens (tertiary/aromatic N) is 2. The molecule has 0 N–H and O–H groups in total. The molecule has 1 amide bonds. The Bertz CT molecular complexity index is 982. The van der Waals surface area contributed by atoms with Crippen molar-refractivity contribution in [3.8, 4) is 0 Å². The van der Waals surface area contributed by atoms with Crippen LogP contribution in [0.25, 0.3) is 0 Å². The van der Waals surface area contributed by atoms with E-state index < -0.39 is 5.66 Å². The number of rotatable bonds is 8. The molecule has 0 aliphatic heterocycles. The summed E-state index contributed by atoms with van der Waals surface area (Å²) in [6.07, 6.45) is 6.65. The molecule has 184 valence electrons. The lowest BCUT2D eigenvalue weighted by atomic mass is 9.69. The number of carbonyl (C=O) groups is 1. The third-order valence-electron chi connectivity index (χ3n) is 7.66. The average Bonchev–Trinajstić information content (AvgIpc) is 2.80. The van der Waals surface area contributed by atoms with E-state index in [0.29, 0.717) is 17.2 Å². The number of aryl methyl sites for hydroxylation is 1. The average molecular weight is 465 g/mol. The maximum atomic E-state index is 14.6. The topological polar surface area (TPSA) is 32.7 Å². The van der Waals surface area contributed by atoms with Crippen LogP contribution in [0.2, 0.25) is 0 Å². The summed E-state index contributed by atoms with van der Waals surface area (Å²) in [6, 6.07) is 15.2. The number of benzene rings is 2. The normalized spacial score (nSPS) is 22.3. The number of hydrogen-bond acceptors (Lipinski definition) is 2. The fraction of sp³-hybridized carbons (Fsp3) is 0.533. The Balaban J connectivity index is 2.00. The molecule has 1 atom stereocenters. The van der Waals surface area contributed by atoms with Gasteiger partial charge in [-0.2, -0.15) is 0 Å². The van der Waals surface area contributed by atoms with E-state index in [0.717, 1.165) is 50.5 Å². The Morgan fingerprint density at radius 3 is 2.29 bits per heavy atom. The van der Waals surface area contributed by atoms with Crippen molar-refractivity contribution in [3.05, 3.63) is 71.0 Å². The molecule has 1 saturated carbocycles. The van der Waals surface area contributed by atoms with E-state index in [9.17, 15) is 9.18 Å². The second-order valence-electron chi connectivity index (χ2n) is 11.0. The molecule has 1 fully saturated rings. The molecule has 2 aromatic rings. The molecule has 4 heteroatoms. The predicted octanol–water partition coefficient (Wildman–Crippen LogP) is 7.74. The van der Waals surface area contributed by atoms with E-state index in [-0.39, 0.29) is 17.3 Å². The molecule has 3 rings (SSSR count). The lowest BCUT2D eigenvalue weighted by Gasteiger charge is -2.48. The molecule has 0 radical (unpaired) electrons. The highest BCUT2D eigenvalue weighted by Crippen LogP contribution is 2.46. The zero-order valence-electron chi connectivity index (χ0n) is 21.8. The van der Waals surface area contributed by atoms with Gasteiger partial charge in [0.2, 0.25) is 6.41 Å². The van der Waals surface area contributed by atoms with Crippen LogP contribution in [-0.4, -0.2) is 22.7 Å². The Hall–Kier alpha value is -2.49. The van der Waals surface area contributed by atoms with Crippen LogP contribution < -0.4 is 0 Å². The Morgan fingerprint density at radius 2 is 1.76 bits per heavy atom. The van der Waals surface area contributed by atoms with Crippen LogP contribution in [0.3, 0.4) is 0 Å². The van der Waals surface area contributed by atoms with Gasteiger partial charge in [0.1, 0.15) is 11.5 Å². The summed E-state index contributed by atoms with van der Waals surface area (Å²) in [4.78, 5) is 19.7. The predicted molar refractivity (Wildman–Crippen MR) is 140 cm³/mol.